The molecular formula is C28H26Cl2N8O5. The third-order valence-corrected chi connectivity index (χ3v) is 6.85. The van der Waals surface area contributed by atoms with Crippen LogP contribution in [0.3, 0.4) is 0 Å². The minimum atomic E-state index is -1.08. The lowest BCUT2D eigenvalue weighted by atomic mass is 10.0. The molecule has 222 valence electrons. The lowest BCUT2D eigenvalue weighted by Gasteiger charge is -2.16. The van der Waals surface area contributed by atoms with Gasteiger partial charge in [-0.2, -0.15) is 15.5 Å². The Morgan fingerprint density at radius 3 is 2.07 bits per heavy atom. The van der Waals surface area contributed by atoms with E-state index < -0.39 is 12.1 Å². The minimum absolute atomic E-state index is 0.0224. The van der Waals surface area contributed by atoms with Gasteiger partial charge in [-0.25, -0.2) is 23.8 Å². The summed E-state index contributed by atoms with van der Waals surface area (Å²) in [6.07, 6.45) is 5.62. The van der Waals surface area contributed by atoms with E-state index in [2.05, 4.69) is 25.1 Å². The molecule has 43 heavy (non-hydrogen) atoms. The Labute approximate surface area is 255 Å². The summed E-state index contributed by atoms with van der Waals surface area (Å²) in [6.45, 7) is 3.61. The number of ether oxygens (including phenoxy) is 2. The van der Waals surface area contributed by atoms with E-state index in [4.69, 9.17) is 43.0 Å². The van der Waals surface area contributed by atoms with E-state index in [0.717, 1.165) is 11.3 Å². The average molecular weight is 625 g/mol. The van der Waals surface area contributed by atoms with Crippen molar-refractivity contribution in [2.45, 2.75) is 38.9 Å². The van der Waals surface area contributed by atoms with Crippen LogP contribution in [0, 0.1) is 11.3 Å². The van der Waals surface area contributed by atoms with Gasteiger partial charge < -0.3 is 14.6 Å². The first kappa shape index (κ1) is 31.5. The Hall–Kier alpha value is -4.48. The zero-order valence-electron chi connectivity index (χ0n) is 23.5. The second kappa shape index (κ2) is 13.7. The van der Waals surface area contributed by atoms with Crippen LogP contribution in [0.5, 0.6) is 0 Å². The second-order valence-electron chi connectivity index (χ2n) is 9.35. The Morgan fingerprint density at radius 1 is 0.907 bits per heavy atom. The number of carbonyl (C=O) groups excluding carboxylic acids is 1. The van der Waals surface area contributed by atoms with Crippen molar-refractivity contribution in [2.75, 3.05) is 14.2 Å². The Bertz CT molecular complexity index is 1850. The highest BCUT2D eigenvalue weighted by atomic mass is 35.5. The maximum Gasteiger partial charge on any atom is 0.339 e. The molecule has 0 saturated carbocycles. The molecular weight excluding hydrogens is 599 g/mol. The number of aromatic carboxylic acids is 1. The van der Waals surface area contributed by atoms with Gasteiger partial charge in [0.1, 0.15) is 17.4 Å². The van der Waals surface area contributed by atoms with Crippen LogP contribution in [0.4, 0.5) is 0 Å². The number of ketones is 1. The number of nitriles is 1. The lowest BCUT2D eigenvalue weighted by molar-refractivity contribution is -0.117. The van der Waals surface area contributed by atoms with Crippen molar-refractivity contribution in [1.82, 2.24) is 34.2 Å². The lowest BCUT2D eigenvalue weighted by Crippen LogP contribution is -2.15. The zero-order valence-corrected chi connectivity index (χ0v) is 25.0. The molecule has 0 aliphatic rings. The molecule has 0 bridgehead atoms. The number of pyridine rings is 1. The number of aromatic nitrogens is 7. The third-order valence-electron chi connectivity index (χ3n) is 6.48. The van der Waals surface area contributed by atoms with Gasteiger partial charge in [-0.05, 0) is 25.5 Å². The molecule has 0 saturated heterocycles. The van der Waals surface area contributed by atoms with E-state index in [9.17, 15) is 9.59 Å². The quantitative estimate of drug-likeness (QED) is 0.245. The number of Topliss-reactive ketones (excluding diaryl/α,β-unsaturated/α-hetero) is 1. The van der Waals surface area contributed by atoms with Gasteiger partial charge in [0.15, 0.2) is 21.6 Å². The third kappa shape index (κ3) is 7.12. The predicted octanol–water partition coefficient (Wildman–Crippen LogP) is 4.50. The molecule has 2 atom stereocenters. The van der Waals surface area contributed by atoms with Crippen molar-refractivity contribution in [1.29, 1.82) is 5.26 Å². The van der Waals surface area contributed by atoms with Gasteiger partial charge in [0.25, 0.3) is 0 Å². The molecule has 0 aromatic carbocycles. The molecule has 5 aromatic heterocycles. The fourth-order valence-electron chi connectivity index (χ4n) is 4.38. The molecule has 13 nitrogen and oxygen atoms in total. The van der Waals surface area contributed by atoms with E-state index in [0.29, 0.717) is 33.3 Å². The largest absolute Gasteiger partial charge is 0.478 e. The van der Waals surface area contributed by atoms with Crippen LogP contribution in [-0.4, -0.2) is 65.3 Å². The smallest absolute Gasteiger partial charge is 0.339 e. The topological polar surface area (TPSA) is 170 Å². The van der Waals surface area contributed by atoms with Crippen LogP contribution in [0.1, 0.15) is 64.5 Å². The molecule has 0 amide bonds. The van der Waals surface area contributed by atoms with E-state index in [1.54, 1.807) is 49.1 Å². The van der Waals surface area contributed by atoms with E-state index >= 15 is 0 Å². The highest BCUT2D eigenvalue weighted by Gasteiger charge is 2.22. The summed E-state index contributed by atoms with van der Waals surface area (Å²) in [5, 5.41) is 26.9. The van der Waals surface area contributed by atoms with E-state index in [-0.39, 0.29) is 35.4 Å². The summed E-state index contributed by atoms with van der Waals surface area (Å²) < 4.78 is 13.6. The standard InChI is InChI=1S/C18H16ClN5O2.C10H10ClN3O3/c1-11(26-2)18-14(10-22-17-6-16(19)23-24(17)18)5-15(25)4-12-3-13(7-20)9-21-8-12;1-5(17-2)9-6(10(15)16)4-12-8-3-7(11)13-14(8)9/h3,6,8-11H,4-5H2,1-2H3;3-5H,1-2H3,(H,15,16)/t11-;5-/m00/s1. The van der Waals surface area contributed by atoms with E-state index in [1.807, 2.05) is 13.0 Å². The number of carbonyl (C=O) groups is 2. The van der Waals surface area contributed by atoms with Crippen molar-refractivity contribution in [3.63, 3.8) is 0 Å². The van der Waals surface area contributed by atoms with Crippen molar-refractivity contribution >= 4 is 46.2 Å². The SMILES string of the molecule is CO[C@@H](C)c1c(C(=O)O)cnc2cc(Cl)nn12.CO[C@@H](C)c1c(CC(=O)Cc2cncc(C#N)c2)cnc2cc(Cl)nn12. The molecule has 15 heteroatoms. The molecule has 5 rings (SSSR count). The molecule has 0 fully saturated rings. The molecule has 0 spiro atoms. The van der Waals surface area contributed by atoms with Gasteiger partial charge in [-0.3, -0.25) is 9.78 Å². The number of methoxy groups -OCH3 is 2. The number of hydrogen-bond donors (Lipinski definition) is 1. The van der Waals surface area contributed by atoms with Crippen molar-refractivity contribution in [2.24, 2.45) is 0 Å². The first-order valence-electron chi connectivity index (χ1n) is 12.8. The molecule has 0 aliphatic heterocycles. The number of nitrogens with zero attached hydrogens (tertiary/aromatic N) is 8. The van der Waals surface area contributed by atoms with Gasteiger partial charge in [0.05, 0.1) is 29.2 Å². The van der Waals surface area contributed by atoms with Crippen molar-refractivity contribution in [3.05, 3.63) is 86.9 Å². The molecule has 0 unspecified atom stereocenters. The fraction of sp³-hybridized carbons (Fsp3) is 0.286. The maximum absolute atomic E-state index is 12.6. The number of hydrogen-bond acceptors (Lipinski definition) is 10. The number of rotatable bonds is 9. The van der Waals surface area contributed by atoms with Crippen molar-refractivity contribution < 1.29 is 24.2 Å². The van der Waals surface area contributed by atoms with Crippen LogP contribution in [0.15, 0.2) is 43.0 Å². The maximum atomic E-state index is 12.6. The van der Waals surface area contributed by atoms with E-state index in [1.165, 1.54) is 24.0 Å². The number of carboxylic acid groups (broad SMARTS) is 1. The summed E-state index contributed by atoms with van der Waals surface area (Å²) in [5.74, 6) is -1.10. The number of fused-ring (bicyclic) bond motifs is 2. The van der Waals surface area contributed by atoms with Gasteiger partial charge in [0.2, 0.25) is 0 Å². The predicted molar refractivity (Wildman–Crippen MR) is 155 cm³/mol. The highest BCUT2D eigenvalue weighted by Crippen LogP contribution is 2.24. The molecule has 1 N–H and O–H groups in total. The van der Waals surface area contributed by atoms with Gasteiger partial charge in [0, 0.05) is 69.5 Å². The summed E-state index contributed by atoms with van der Waals surface area (Å²) in [5.41, 5.74) is 4.13. The molecule has 5 aromatic rings. The Balaban J connectivity index is 0.000000215. The second-order valence-corrected chi connectivity index (χ2v) is 10.1. The van der Waals surface area contributed by atoms with Gasteiger partial charge >= 0.3 is 5.97 Å². The van der Waals surface area contributed by atoms with Crippen LogP contribution in [-0.2, 0) is 27.1 Å². The monoisotopic (exact) mass is 624 g/mol. The van der Waals surface area contributed by atoms with Crippen LogP contribution < -0.4 is 0 Å². The van der Waals surface area contributed by atoms with Crippen molar-refractivity contribution in [3.8, 4) is 6.07 Å². The van der Waals surface area contributed by atoms with Crippen LogP contribution in [0.25, 0.3) is 11.3 Å². The number of carboxylic acids is 1. The highest BCUT2D eigenvalue weighted by molar-refractivity contribution is 6.30. The number of halogens is 2. The summed E-state index contributed by atoms with van der Waals surface area (Å²) in [7, 11) is 3.08. The molecule has 5 heterocycles. The summed E-state index contributed by atoms with van der Waals surface area (Å²) in [4.78, 5) is 36.0. The van der Waals surface area contributed by atoms with Crippen LogP contribution in [0.2, 0.25) is 10.3 Å². The molecule has 0 aliphatic carbocycles. The zero-order chi connectivity index (χ0) is 31.3. The first-order chi connectivity index (χ1) is 20.6. The molecule has 0 radical (unpaired) electrons. The average Bonchev–Trinajstić information content (AvgIpc) is 3.56. The fourth-order valence-corrected chi connectivity index (χ4v) is 4.73. The minimum Gasteiger partial charge on any atom is -0.478 e. The Kier molecular flexibility index (Phi) is 9.99. The van der Waals surface area contributed by atoms with Gasteiger partial charge in [-0.1, -0.05) is 23.2 Å². The van der Waals surface area contributed by atoms with Gasteiger partial charge in [-0.15, -0.1) is 0 Å². The van der Waals surface area contributed by atoms with Crippen LogP contribution >= 0.6 is 23.2 Å². The summed E-state index contributed by atoms with van der Waals surface area (Å²) >= 11 is 11.8. The summed E-state index contributed by atoms with van der Waals surface area (Å²) in [6, 6.07) is 6.89. The normalized spacial score (nSPS) is 12.4. The Morgan fingerprint density at radius 2 is 1.49 bits per heavy atom. The first-order valence-corrected chi connectivity index (χ1v) is 13.5.